The summed E-state index contributed by atoms with van der Waals surface area (Å²) < 4.78 is 7.65. The quantitative estimate of drug-likeness (QED) is 0.338. The number of ether oxygens (including phenoxy) is 1. The van der Waals surface area contributed by atoms with Crippen LogP contribution >= 0.6 is 0 Å². The Balaban J connectivity index is 1.36. The second kappa shape index (κ2) is 8.84. The maximum atomic E-state index is 12.8. The first kappa shape index (κ1) is 26.7. The molecule has 4 N–H and O–H groups in total. The lowest BCUT2D eigenvalue weighted by Crippen LogP contribution is -2.87. The second-order valence-electron chi connectivity index (χ2n) is 15.9. The molecule has 7 fully saturated rings. The van der Waals surface area contributed by atoms with Crippen molar-refractivity contribution >= 4 is 6.29 Å². The summed E-state index contributed by atoms with van der Waals surface area (Å²) >= 11 is 0. The van der Waals surface area contributed by atoms with Crippen molar-refractivity contribution in [2.45, 2.75) is 114 Å². The molecular formula is C36H47NO4. The number of aromatic hydroxyl groups is 1. The predicted molar refractivity (Wildman–Crippen MR) is 157 cm³/mol. The standard InChI is InChI=1S/C36H47NO4/c1-32-13-9-26(20-38)34-14-10-27(21-39)36(37,31(32)34)30-6-4-5-24-17-29(40)8-7-25(24)15-23-16-28(35(30,22-34)41-32)19-33(18-23)11-2-3-12-33/h7-8,17,20,23,26-28,30-31,39-40H,2-3,5,9-16,18-19,21-22,37H2,1H3/t23-,26-,27-,28-,30+,31+,32+,34-,35+,36-/m0/s1. The summed E-state index contributed by atoms with van der Waals surface area (Å²) in [4.78, 5) is 12.8. The van der Waals surface area contributed by atoms with Crippen molar-refractivity contribution in [2.75, 3.05) is 6.61 Å². The molecule has 0 unspecified atom stereocenters. The molecule has 2 aliphatic heterocycles. The van der Waals surface area contributed by atoms with Crippen molar-refractivity contribution < 1.29 is 19.7 Å². The van der Waals surface area contributed by atoms with Gasteiger partial charge in [-0.05, 0) is 123 Å². The molecule has 6 aliphatic carbocycles. The number of fused-ring (bicyclic) bond motifs is 3. The van der Waals surface area contributed by atoms with Crippen molar-refractivity contribution in [3.63, 3.8) is 0 Å². The highest BCUT2D eigenvalue weighted by molar-refractivity contribution is 5.58. The normalized spacial score (nSPS) is 48.8. The Morgan fingerprint density at radius 2 is 1.95 bits per heavy atom. The van der Waals surface area contributed by atoms with E-state index >= 15 is 0 Å². The Morgan fingerprint density at radius 1 is 1.12 bits per heavy atom. The number of carbonyl (C=O) groups excluding carboxylic acids is 1. The van der Waals surface area contributed by atoms with Gasteiger partial charge in [0.1, 0.15) is 12.0 Å². The van der Waals surface area contributed by atoms with Gasteiger partial charge in [-0.3, -0.25) is 0 Å². The second-order valence-corrected chi connectivity index (χ2v) is 15.9. The Morgan fingerprint density at radius 3 is 2.73 bits per heavy atom. The maximum Gasteiger partial charge on any atom is 0.123 e. The van der Waals surface area contributed by atoms with E-state index in [2.05, 4.69) is 24.8 Å². The van der Waals surface area contributed by atoms with Crippen LogP contribution in [0, 0.1) is 58.2 Å². The fraction of sp³-hybridized carbons (Fsp3) is 0.750. The Hall–Kier alpha value is -1.87. The van der Waals surface area contributed by atoms with Crippen LogP contribution in [0.15, 0.2) is 18.2 Å². The van der Waals surface area contributed by atoms with Gasteiger partial charge in [-0.25, -0.2) is 0 Å². The summed E-state index contributed by atoms with van der Waals surface area (Å²) in [6.07, 6.45) is 16.0. The van der Waals surface area contributed by atoms with Gasteiger partial charge in [0.2, 0.25) is 0 Å². The van der Waals surface area contributed by atoms with E-state index in [0.29, 0.717) is 29.4 Å². The Labute approximate surface area is 245 Å². The summed E-state index contributed by atoms with van der Waals surface area (Å²) in [5, 5.41) is 21.3. The van der Waals surface area contributed by atoms with Gasteiger partial charge in [-0.15, -0.1) is 0 Å². The zero-order chi connectivity index (χ0) is 28.3. The number of carbonyl (C=O) groups is 1. The molecule has 2 spiro atoms. The van der Waals surface area contributed by atoms with E-state index in [1.165, 1.54) is 50.4 Å². The molecule has 8 aliphatic rings. The number of rotatable bonds is 2. The molecule has 5 nitrogen and oxygen atoms in total. The maximum absolute atomic E-state index is 12.8. The molecule has 2 saturated heterocycles. The number of phenols is 1. The van der Waals surface area contributed by atoms with Crippen molar-refractivity contribution in [2.24, 2.45) is 52.1 Å². The minimum absolute atomic E-state index is 0.00284. The highest BCUT2D eigenvalue weighted by atomic mass is 16.5. The highest BCUT2D eigenvalue weighted by Crippen LogP contribution is 2.77. The SMILES string of the molecule is C[C@]12CC[C@@H](C=O)[C@]34CC[C@@H](CO)[C@](N)([C@@H]5C#CCc6cc(O)ccc6C[C@H]6C[C@@H](CC7(CCCC7)C6)[C@@]5(C3)O1)[C@@H]42. The van der Waals surface area contributed by atoms with Gasteiger partial charge in [0.05, 0.1) is 17.1 Å². The summed E-state index contributed by atoms with van der Waals surface area (Å²) in [7, 11) is 0. The van der Waals surface area contributed by atoms with Crippen LogP contribution in [0.4, 0.5) is 0 Å². The van der Waals surface area contributed by atoms with Gasteiger partial charge in [0.25, 0.3) is 0 Å². The molecule has 1 aromatic rings. The third kappa shape index (κ3) is 3.45. The smallest absolute Gasteiger partial charge is 0.123 e. The molecule has 2 heterocycles. The minimum atomic E-state index is -0.696. The van der Waals surface area contributed by atoms with E-state index in [9.17, 15) is 15.0 Å². The summed E-state index contributed by atoms with van der Waals surface area (Å²) in [5.74, 6) is 8.36. The molecule has 5 saturated carbocycles. The zero-order valence-corrected chi connectivity index (χ0v) is 24.7. The molecule has 10 atom stereocenters. The molecule has 0 aromatic heterocycles. The molecule has 9 rings (SSSR count). The molecular weight excluding hydrogens is 510 g/mol. The third-order valence-electron chi connectivity index (χ3n) is 14.0. The van der Waals surface area contributed by atoms with Crippen LogP contribution in [0.5, 0.6) is 5.75 Å². The van der Waals surface area contributed by atoms with Crippen molar-refractivity contribution in [1.82, 2.24) is 0 Å². The third-order valence-corrected chi connectivity index (χ3v) is 14.0. The van der Waals surface area contributed by atoms with Crippen LogP contribution in [0.3, 0.4) is 0 Å². The van der Waals surface area contributed by atoms with Crippen LogP contribution in [-0.4, -0.2) is 39.8 Å². The Bertz CT molecular complexity index is 1320. The number of benzene rings is 1. The Kier molecular flexibility index (Phi) is 5.76. The van der Waals surface area contributed by atoms with Crippen LogP contribution in [-0.2, 0) is 22.4 Å². The number of hydrogen-bond donors (Lipinski definition) is 3. The van der Waals surface area contributed by atoms with Gasteiger partial charge < -0.3 is 25.5 Å². The molecule has 220 valence electrons. The molecule has 41 heavy (non-hydrogen) atoms. The van der Waals surface area contributed by atoms with Crippen molar-refractivity contribution in [1.29, 1.82) is 0 Å². The average Bonchev–Trinajstić information content (AvgIpc) is 3.37. The van der Waals surface area contributed by atoms with E-state index in [1.54, 1.807) is 0 Å². The van der Waals surface area contributed by atoms with E-state index in [1.807, 2.05) is 12.1 Å². The van der Waals surface area contributed by atoms with Crippen LogP contribution in [0.25, 0.3) is 0 Å². The summed E-state index contributed by atoms with van der Waals surface area (Å²) in [6.45, 7) is 2.36. The largest absolute Gasteiger partial charge is 0.508 e. The number of aliphatic hydroxyl groups excluding tert-OH is 1. The lowest BCUT2D eigenvalue weighted by atomic mass is 9.31. The average molecular weight is 558 g/mol. The van der Waals surface area contributed by atoms with E-state index in [-0.39, 0.29) is 35.7 Å². The first-order valence-electron chi connectivity index (χ1n) is 16.5. The number of phenolic OH excluding ortho intramolecular Hbond substituents is 1. The van der Waals surface area contributed by atoms with E-state index in [0.717, 1.165) is 50.5 Å². The van der Waals surface area contributed by atoms with Crippen LogP contribution in [0.1, 0.15) is 95.1 Å². The molecule has 1 aromatic carbocycles. The first-order valence-corrected chi connectivity index (χ1v) is 16.5. The summed E-state index contributed by atoms with van der Waals surface area (Å²) in [5.41, 5.74) is 8.88. The topological polar surface area (TPSA) is 92.8 Å². The van der Waals surface area contributed by atoms with Gasteiger partial charge >= 0.3 is 0 Å². The van der Waals surface area contributed by atoms with Gasteiger partial charge in [-0.2, -0.15) is 0 Å². The lowest BCUT2D eigenvalue weighted by molar-refractivity contribution is -0.389. The zero-order valence-electron chi connectivity index (χ0n) is 24.7. The number of aldehydes is 1. The molecule has 0 amide bonds. The van der Waals surface area contributed by atoms with Crippen molar-refractivity contribution in [3.8, 4) is 17.6 Å². The monoisotopic (exact) mass is 557 g/mol. The summed E-state index contributed by atoms with van der Waals surface area (Å²) in [6, 6.07) is 5.88. The van der Waals surface area contributed by atoms with E-state index in [4.69, 9.17) is 10.5 Å². The first-order chi connectivity index (χ1) is 19.7. The lowest BCUT2D eigenvalue weighted by Gasteiger charge is -2.80. The fourth-order valence-electron chi connectivity index (χ4n) is 12.9. The minimum Gasteiger partial charge on any atom is -0.508 e. The van der Waals surface area contributed by atoms with Crippen molar-refractivity contribution in [3.05, 3.63) is 29.3 Å². The van der Waals surface area contributed by atoms with Gasteiger partial charge in [-0.1, -0.05) is 30.7 Å². The van der Waals surface area contributed by atoms with E-state index < -0.39 is 16.7 Å². The molecule has 7 bridgehead atoms. The van der Waals surface area contributed by atoms with Gasteiger partial charge in [0, 0.05) is 36.3 Å². The van der Waals surface area contributed by atoms with Gasteiger partial charge in [0.15, 0.2) is 0 Å². The predicted octanol–water partition coefficient (Wildman–Crippen LogP) is 5.33. The van der Waals surface area contributed by atoms with Crippen LogP contribution in [0.2, 0.25) is 0 Å². The number of aliphatic hydroxyl groups is 1. The highest BCUT2D eigenvalue weighted by Gasteiger charge is 2.81. The fourth-order valence-corrected chi connectivity index (χ4v) is 12.9. The van der Waals surface area contributed by atoms with Crippen LogP contribution < -0.4 is 5.73 Å². The molecule has 5 heteroatoms. The number of hydrogen-bond acceptors (Lipinski definition) is 5. The molecule has 0 radical (unpaired) electrons. The number of nitrogens with two attached hydrogens (primary N) is 1.